The van der Waals surface area contributed by atoms with Gasteiger partial charge in [0.25, 0.3) is 5.91 Å². The van der Waals surface area contributed by atoms with Crippen LogP contribution < -0.4 is 9.96 Å². The summed E-state index contributed by atoms with van der Waals surface area (Å²) in [6, 6.07) is 23.5. The van der Waals surface area contributed by atoms with Gasteiger partial charge in [0.1, 0.15) is 5.92 Å². The second kappa shape index (κ2) is 7.54. The van der Waals surface area contributed by atoms with Crippen LogP contribution >= 0.6 is 27.5 Å². The number of amides is 2. The SMILES string of the molecule is O=C1[C@H]2[C@@H](ON(c3ccccc3)[C@H]2c2cccc(Br)c2)C(=O)N1c1ccc(Cl)cc1. The van der Waals surface area contributed by atoms with Crippen molar-refractivity contribution >= 4 is 50.7 Å². The van der Waals surface area contributed by atoms with Crippen LogP contribution in [0.2, 0.25) is 5.02 Å². The number of carbonyl (C=O) groups is 2. The first-order valence-electron chi connectivity index (χ1n) is 9.44. The van der Waals surface area contributed by atoms with E-state index in [4.69, 9.17) is 16.4 Å². The molecule has 7 heteroatoms. The number of para-hydroxylation sites is 1. The van der Waals surface area contributed by atoms with Crippen molar-refractivity contribution in [1.82, 2.24) is 0 Å². The number of nitrogens with zero attached hydrogens (tertiary/aromatic N) is 2. The van der Waals surface area contributed by atoms with Crippen LogP contribution in [-0.2, 0) is 14.4 Å². The van der Waals surface area contributed by atoms with Crippen LogP contribution in [0.15, 0.2) is 83.3 Å². The van der Waals surface area contributed by atoms with E-state index in [1.165, 1.54) is 4.90 Å². The molecular formula is C23H16BrClN2O3. The van der Waals surface area contributed by atoms with Crippen LogP contribution in [0.4, 0.5) is 11.4 Å². The molecule has 5 rings (SSSR count). The Hall–Kier alpha value is -2.67. The highest BCUT2D eigenvalue weighted by molar-refractivity contribution is 9.10. The molecule has 3 atom stereocenters. The third kappa shape index (κ3) is 3.12. The van der Waals surface area contributed by atoms with Crippen molar-refractivity contribution < 1.29 is 14.4 Å². The van der Waals surface area contributed by atoms with Crippen LogP contribution in [0.3, 0.4) is 0 Å². The van der Waals surface area contributed by atoms with Crippen molar-refractivity contribution in [3.8, 4) is 0 Å². The summed E-state index contributed by atoms with van der Waals surface area (Å²) < 4.78 is 0.891. The Morgan fingerprint density at radius 2 is 1.57 bits per heavy atom. The lowest BCUT2D eigenvalue weighted by Gasteiger charge is -2.28. The zero-order valence-electron chi connectivity index (χ0n) is 15.6. The highest BCUT2D eigenvalue weighted by Gasteiger charge is 2.60. The molecule has 2 aliphatic heterocycles. The lowest BCUT2D eigenvalue weighted by Crippen LogP contribution is -2.37. The molecule has 150 valence electrons. The Bertz CT molecular complexity index is 1120. The molecule has 3 aromatic rings. The molecule has 2 fully saturated rings. The van der Waals surface area contributed by atoms with Crippen molar-refractivity contribution in [1.29, 1.82) is 0 Å². The molecule has 3 aromatic carbocycles. The first-order valence-corrected chi connectivity index (χ1v) is 10.6. The van der Waals surface area contributed by atoms with Gasteiger partial charge in [0.05, 0.1) is 17.4 Å². The Morgan fingerprint density at radius 1 is 0.833 bits per heavy atom. The van der Waals surface area contributed by atoms with E-state index in [0.29, 0.717) is 10.7 Å². The molecule has 2 amide bonds. The standard InChI is InChI=1S/C23H16BrClN2O3/c24-15-6-4-5-14(13-15)20-19-21(30-27(20)18-7-2-1-3-8-18)23(29)26(22(19)28)17-11-9-16(25)10-12-17/h1-13,19-21H/t19-,20+,21-/m1/s1. The average molecular weight is 484 g/mol. The Kier molecular flexibility index (Phi) is 4.85. The summed E-state index contributed by atoms with van der Waals surface area (Å²) in [4.78, 5) is 34.0. The number of halogens is 2. The van der Waals surface area contributed by atoms with E-state index in [-0.39, 0.29) is 11.8 Å². The van der Waals surface area contributed by atoms with Gasteiger partial charge in [-0.1, -0.05) is 57.9 Å². The Balaban J connectivity index is 1.59. The molecule has 30 heavy (non-hydrogen) atoms. The number of fused-ring (bicyclic) bond motifs is 1. The number of hydroxylamine groups is 1. The van der Waals surface area contributed by atoms with E-state index in [1.54, 1.807) is 29.3 Å². The fourth-order valence-electron chi connectivity index (χ4n) is 4.09. The maximum absolute atomic E-state index is 13.5. The second-order valence-electron chi connectivity index (χ2n) is 7.20. The van der Waals surface area contributed by atoms with Crippen LogP contribution in [-0.4, -0.2) is 17.9 Å². The minimum atomic E-state index is -0.891. The minimum Gasteiger partial charge on any atom is -0.273 e. The molecule has 0 unspecified atom stereocenters. The maximum Gasteiger partial charge on any atom is 0.266 e. The Labute approximate surface area is 186 Å². The lowest BCUT2D eigenvalue weighted by molar-refractivity contribution is -0.126. The van der Waals surface area contributed by atoms with Crippen LogP contribution in [0.1, 0.15) is 11.6 Å². The summed E-state index contributed by atoms with van der Waals surface area (Å²) in [6.07, 6.45) is -0.891. The second-order valence-corrected chi connectivity index (χ2v) is 8.55. The Morgan fingerprint density at radius 3 is 2.27 bits per heavy atom. The number of carbonyl (C=O) groups excluding carboxylic acids is 2. The van der Waals surface area contributed by atoms with Crippen LogP contribution in [0.5, 0.6) is 0 Å². The highest BCUT2D eigenvalue weighted by Crippen LogP contribution is 2.47. The predicted molar refractivity (Wildman–Crippen MR) is 118 cm³/mol. The van der Waals surface area contributed by atoms with Gasteiger partial charge in [-0.05, 0) is 54.1 Å². The molecular weight excluding hydrogens is 468 g/mol. The molecule has 0 N–H and O–H groups in total. The van der Waals surface area contributed by atoms with Crippen molar-refractivity contribution in [2.45, 2.75) is 12.1 Å². The first-order chi connectivity index (χ1) is 14.5. The van der Waals surface area contributed by atoms with Crippen molar-refractivity contribution in [3.63, 3.8) is 0 Å². The van der Waals surface area contributed by atoms with Gasteiger partial charge in [0, 0.05) is 9.50 Å². The van der Waals surface area contributed by atoms with Gasteiger partial charge in [-0.15, -0.1) is 0 Å². The summed E-state index contributed by atoms with van der Waals surface area (Å²) in [5.41, 5.74) is 2.17. The van der Waals surface area contributed by atoms with Gasteiger partial charge in [-0.2, -0.15) is 0 Å². The molecule has 0 spiro atoms. The topological polar surface area (TPSA) is 49.9 Å². The van der Waals surface area contributed by atoms with Crippen LogP contribution in [0, 0.1) is 5.92 Å². The van der Waals surface area contributed by atoms with Crippen molar-refractivity contribution in [2.24, 2.45) is 5.92 Å². The molecule has 2 aliphatic rings. The molecule has 0 radical (unpaired) electrons. The third-order valence-corrected chi connectivity index (χ3v) is 6.15. The van der Waals surface area contributed by atoms with Crippen LogP contribution in [0.25, 0.3) is 0 Å². The van der Waals surface area contributed by atoms with E-state index in [1.807, 2.05) is 54.6 Å². The van der Waals surface area contributed by atoms with E-state index in [0.717, 1.165) is 15.7 Å². The molecule has 0 aromatic heterocycles. The molecule has 5 nitrogen and oxygen atoms in total. The first kappa shape index (κ1) is 19.3. The van der Waals surface area contributed by atoms with Gasteiger partial charge in [0.15, 0.2) is 6.10 Å². The van der Waals surface area contributed by atoms with Crippen molar-refractivity contribution in [3.05, 3.63) is 93.9 Å². The number of hydrogen-bond donors (Lipinski definition) is 0. The minimum absolute atomic E-state index is 0.282. The number of imide groups is 1. The van der Waals surface area contributed by atoms with Crippen molar-refractivity contribution in [2.75, 3.05) is 9.96 Å². The van der Waals surface area contributed by atoms with Gasteiger partial charge >= 0.3 is 0 Å². The zero-order chi connectivity index (χ0) is 20.8. The number of benzene rings is 3. The van der Waals surface area contributed by atoms with Gasteiger partial charge in [0.2, 0.25) is 5.91 Å². The molecule has 2 saturated heterocycles. The summed E-state index contributed by atoms with van der Waals surface area (Å²) in [6.45, 7) is 0. The largest absolute Gasteiger partial charge is 0.273 e. The molecule has 0 bridgehead atoms. The summed E-state index contributed by atoms with van der Waals surface area (Å²) in [5, 5.41) is 2.23. The highest BCUT2D eigenvalue weighted by atomic mass is 79.9. The summed E-state index contributed by atoms with van der Waals surface area (Å²) in [5.74, 6) is -1.32. The fraction of sp³-hybridized carbons (Fsp3) is 0.130. The van der Waals surface area contributed by atoms with E-state index in [9.17, 15) is 9.59 Å². The monoisotopic (exact) mass is 482 g/mol. The quantitative estimate of drug-likeness (QED) is 0.483. The number of hydrogen-bond acceptors (Lipinski definition) is 4. The molecule has 0 aliphatic carbocycles. The van der Waals surface area contributed by atoms with Gasteiger partial charge in [-0.25, -0.2) is 9.96 Å². The maximum atomic E-state index is 13.5. The van der Waals surface area contributed by atoms with Gasteiger partial charge < -0.3 is 0 Å². The third-order valence-electron chi connectivity index (χ3n) is 5.40. The number of anilines is 2. The van der Waals surface area contributed by atoms with E-state index < -0.39 is 18.1 Å². The number of rotatable bonds is 3. The lowest BCUT2D eigenvalue weighted by atomic mass is 9.90. The fourth-order valence-corrected chi connectivity index (χ4v) is 4.63. The smallest absolute Gasteiger partial charge is 0.266 e. The molecule has 2 heterocycles. The van der Waals surface area contributed by atoms with E-state index in [2.05, 4.69) is 15.9 Å². The zero-order valence-corrected chi connectivity index (χ0v) is 18.0. The average Bonchev–Trinajstić information content (AvgIpc) is 3.26. The van der Waals surface area contributed by atoms with Gasteiger partial charge in [-0.3, -0.25) is 14.4 Å². The normalized spacial score (nSPS) is 23.2. The van der Waals surface area contributed by atoms with E-state index >= 15 is 0 Å². The summed E-state index contributed by atoms with van der Waals surface area (Å²) in [7, 11) is 0. The summed E-state index contributed by atoms with van der Waals surface area (Å²) >= 11 is 9.47. The predicted octanol–water partition coefficient (Wildman–Crippen LogP) is 5.15. The molecule has 0 saturated carbocycles.